The summed E-state index contributed by atoms with van der Waals surface area (Å²) in [5.41, 5.74) is 7.16. The molecule has 0 radical (unpaired) electrons. The smallest absolute Gasteiger partial charge is 0.0781 e. The number of fused-ring (bicyclic) bond motifs is 3. The fourth-order valence-corrected chi connectivity index (χ4v) is 3.86. The van der Waals surface area contributed by atoms with Gasteiger partial charge in [-0.3, -0.25) is 0 Å². The van der Waals surface area contributed by atoms with Gasteiger partial charge in [-0.1, -0.05) is 74.0 Å². The SMILES string of the molecule is CC(C)C(C=C1CCC1)OCC1c2ccccc2-c2ccccc21. The summed E-state index contributed by atoms with van der Waals surface area (Å²) in [6.07, 6.45) is 6.50. The third kappa shape index (κ3) is 2.82. The van der Waals surface area contributed by atoms with Crippen molar-refractivity contribution in [3.63, 3.8) is 0 Å². The number of hydrogen-bond donors (Lipinski definition) is 0. The van der Waals surface area contributed by atoms with Crippen LogP contribution in [-0.4, -0.2) is 12.7 Å². The lowest BCUT2D eigenvalue weighted by Crippen LogP contribution is -2.22. The lowest BCUT2D eigenvalue weighted by atomic mass is 9.89. The zero-order valence-electron chi connectivity index (χ0n) is 14.7. The minimum Gasteiger partial charge on any atom is -0.373 e. The molecular weight excluding hydrogens is 292 g/mol. The Morgan fingerprint density at radius 1 is 0.958 bits per heavy atom. The summed E-state index contributed by atoms with van der Waals surface area (Å²) in [6.45, 7) is 5.29. The van der Waals surface area contributed by atoms with Crippen molar-refractivity contribution in [1.82, 2.24) is 0 Å². The highest BCUT2D eigenvalue weighted by Crippen LogP contribution is 2.44. The number of allylic oxidation sites excluding steroid dienone is 1. The van der Waals surface area contributed by atoms with Gasteiger partial charge in [0.05, 0.1) is 12.7 Å². The molecular formula is C23H26O. The zero-order valence-corrected chi connectivity index (χ0v) is 14.7. The summed E-state index contributed by atoms with van der Waals surface area (Å²) in [5, 5.41) is 0. The van der Waals surface area contributed by atoms with Crippen LogP contribution in [0.3, 0.4) is 0 Å². The van der Waals surface area contributed by atoms with Crippen molar-refractivity contribution in [3.8, 4) is 11.1 Å². The van der Waals surface area contributed by atoms with E-state index in [1.807, 2.05) is 0 Å². The molecule has 0 saturated heterocycles. The molecule has 24 heavy (non-hydrogen) atoms. The molecule has 0 N–H and O–H groups in total. The van der Waals surface area contributed by atoms with Gasteiger partial charge in [0.2, 0.25) is 0 Å². The molecule has 0 heterocycles. The second-order valence-electron chi connectivity index (χ2n) is 7.45. The summed E-state index contributed by atoms with van der Waals surface area (Å²) >= 11 is 0. The van der Waals surface area contributed by atoms with Crippen molar-refractivity contribution in [2.24, 2.45) is 5.92 Å². The quantitative estimate of drug-likeness (QED) is 0.619. The molecule has 0 bridgehead atoms. The molecule has 124 valence electrons. The van der Waals surface area contributed by atoms with Crippen molar-refractivity contribution in [1.29, 1.82) is 0 Å². The van der Waals surface area contributed by atoms with Crippen molar-refractivity contribution in [2.45, 2.75) is 45.1 Å². The van der Waals surface area contributed by atoms with E-state index in [1.54, 1.807) is 5.57 Å². The van der Waals surface area contributed by atoms with Gasteiger partial charge < -0.3 is 4.74 Å². The highest BCUT2D eigenvalue weighted by molar-refractivity contribution is 5.78. The Kier molecular flexibility index (Phi) is 4.28. The highest BCUT2D eigenvalue weighted by Gasteiger charge is 2.29. The predicted octanol–water partition coefficient (Wildman–Crippen LogP) is 5.95. The van der Waals surface area contributed by atoms with E-state index in [2.05, 4.69) is 68.5 Å². The van der Waals surface area contributed by atoms with E-state index in [9.17, 15) is 0 Å². The van der Waals surface area contributed by atoms with Crippen LogP contribution in [0.2, 0.25) is 0 Å². The van der Waals surface area contributed by atoms with Gasteiger partial charge in [-0.05, 0) is 47.4 Å². The summed E-state index contributed by atoms with van der Waals surface area (Å²) in [5.74, 6) is 0.878. The Bertz CT molecular complexity index is 705. The van der Waals surface area contributed by atoms with E-state index in [0.717, 1.165) is 6.61 Å². The van der Waals surface area contributed by atoms with Gasteiger partial charge in [0.25, 0.3) is 0 Å². The molecule has 0 aliphatic heterocycles. The van der Waals surface area contributed by atoms with Crippen LogP contribution in [0.4, 0.5) is 0 Å². The lowest BCUT2D eigenvalue weighted by molar-refractivity contribution is 0.0499. The van der Waals surface area contributed by atoms with Crippen LogP contribution in [0.5, 0.6) is 0 Å². The van der Waals surface area contributed by atoms with E-state index < -0.39 is 0 Å². The summed E-state index contributed by atoms with van der Waals surface area (Å²) < 4.78 is 6.43. The summed E-state index contributed by atoms with van der Waals surface area (Å²) in [7, 11) is 0. The van der Waals surface area contributed by atoms with Gasteiger partial charge in [0, 0.05) is 5.92 Å². The standard InChI is InChI=1S/C23H26O/c1-16(2)23(14-17-8-7-9-17)24-15-22-20-12-5-3-10-18(20)19-11-4-6-13-21(19)22/h3-6,10-14,16,22-23H,7-9,15H2,1-2H3. The second-order valence-corrected chi connectivity index (χ2v) is 7.45. The average molecular weight is 318 g/mol. The molecule has 1 saturated carbocycles. The summed E-state index contributed by atoms with van der Waals surface area (Å²) in [4.78, 5) is 0. The first-order chi connectivity index (χ1) is 11.7. The number of benzene rings is 2. The maximum absolute atomic E-state index is 6.43. The van der Waals surface area contributed by atoms with Crippen LogP contribution in [0.15, 0.2) is 60.2 Å². The van der Waals surface area contributed by atoms with Crippen LogP contribution in [0.1, 0.15) is 50.2 Å². The molecule has 1 unspecified atom stereocenters. The molecule has 2 aliphatic rings. The normalized spacial score (nSPS) is 17.4. The van der Waals surface area contributed by atoms with E-state index in [0.29, 0.717) is 11.8 Å². The average Bonchev–Trinajstić information content (AvgIpc) is 2.87. The Morgan fingerprint density at radius 3 is 2.04 bits per heavy atom. The minimum absolute atomic E-state index is 0.236. The maximum atomic E-state index is 6.43. The first kappa shape index (κ1) is 15.7. The Morgan fingerprint density at radius 2 is 1.54 bits per heavy atom. The van der Waals surface area contributed by atoms with Crippen LogP contribution < -0.4 is 0 Å². The summed E-state index contributed by atoms with van der Waals surface area (Å²) in [6, 6.07) is 17.6. The first-order valence-electron chi connectivity index (χ1n) is 9.23. The largest absolute Gasteiger partial charge is 0.373 e. The number of hydrogen-bond acceptors (Lipinski definition) is 1. The highest BCUT2D eigenvalue weighted by atomic mass is 16.5. The molecule has 4 rings (SSSR count). The van der Waals surface area contributed by atoms with E-state index in [1.165, 1.54) is 41.5 Å². The van der Waals surface area contributed by atoms with Crippen LogP contribution in [0.25, 0.3) is 11.1 Å². The number of ether oxygens (including phenoxy) is 1. The molecule has 2 aromatic carbocycles. The van der Waals surface area contributed by atoms with Crippen molar-refractivity contribution < 1.29 is 4.74 Å². The molecule has 1 heteroatoms. The molecule has 0 spiro atoms. The van der Waals surface area contributed by atoms with Gasteiger partial charge in [-0.25, -0.2) is 0 Å². The third-order valence-electron chi connectivity index (χ3n) is 5.47. The van der Waals surface area contributed by atoms with Crippen molar-refractivity contribution >= 4 is 0 Å². The van der Waals surface area contributed by atoms with Crippen LogP contribution in [-0.2, 0) is 4.74 Å². The molecule has 1 nitrogen and oxygen atoms in total. The predicted molar refractivity (Wildman–Crippen MR) is 100 cm³/mol. The monoisotopic (exact) mass is 318 g/mol. The fourth-order valence-electron chi connectivity index (χ4n) is 3.86. The van der Waals surface area contributed by atoms with Gasteiger partial charge in [0.15, 0.2) is 0 Å². The second kappa shape index (κ2) is 6.57. The number of rotatable bonds is 5. The van der Waals surface area contributed by atoms with E-state index in [4.69, 9.17) is 4.74 Å². The molecule has 1 atom stereocenters. The van der Waals surface area contributed by atoms with Gasteiger partial charge in [-0.2, -0.15) is 0 Å². The molecule has 2 aliphatic carbocycles. The molecule has 0 aromatic heterocycles. The Balaban J connectivity index is 1.58. The Hall–Kier alpha value is -1.86. The topological polar surface area (TPSA) is 9.23 Å². The zero-order chi connectivity index (χ0) is 16.5. The van der Waals surface area contributed by atoms with E-state index in [-0.39, 0.29) is 6.10 Å². The third-order valence-corrected chi connectivity index (χ3v) is 5.47. The van der Waals surface area contributed by atoms with Crippen molar-refractivity contribution in [2.75, 3.05) is 6.61 Å². The Labute approximate surface area is 145 Å². The van der Waals surface area contributed by atoms with Gasteiger partial charge in [-0.15, -0.1) is 0 Å². The lowest BCUT2D eigenvalue weighted by Gasteiger charge is -2.25. The molecule has 0 amide bonds. The fraction of sp³-hybridized carbons (Fsp3) is 0.391. The van der Waals surface area contributed by atoms with Crippen molar-refractivity contribution in [3.05, 3.63) is 71.3 Å². The van der Waals surface area contributed by atoms with Gasteiger partial charge in [0.1, 0.15) is 0 Å². The maximum Gasteiger partial charge on any atom is 0.0781 e. The van der Waals surface area contributed by atoms with Crippen LogP contribution in [0, 0.1) is 5.92 Å². The van der Waals surface area contributed by atoms with E-state index >= 15 is 0 Å². The van der Waals surface area contributed by atoms with Crippen LogP contribution >= 0.6 is 0 Å². The molecule has 1 fully saturated rings. The first-order valence-corrected chi connectivity index (χ1v) is 9.23. The molecule has 2 aromatic rings. The van der Waals surface area contributed by atoms with Gasteiger partial charge >= 0.3 is 0 Å². The minimum atomic E-state index is 0.236.